The van der Waals surface area contributed by atoms with Gasteiger partial charge in [0, 0.05) is 24.7 Å². The van der Waals surface area contributed by atoms with Crippen LogP contribution in [0.1, 0.15) is 6.92 Å². The zero-order chi connectivity index (χ0) is 11.1. The molecule has 1 unspecified atom stereocenters. The molecule has 0 saturated heterocycles. The van der Waals surface area contributed by atoms with Crippen LogP contribution in [0.3, 0.4) is 0 Å². The second-order valence-electron chi connectivity index (χ2n) is 3.23. The molecule has 0 aliphatic carbocycles. The van der Waals surface area contributed by atoms with Gasteiger partial charge in [0.2, 0.25) is 5.91 Å². The fourth-order valence-corrected chi connectivity index (χ4v) is 0.637. The maximum absolute atomic E-state index is 11.0. The van der Waals surface area contributed by atoms with Crippen molar-refractivity contribution in [3.63, 3.8) is 0 Å². The number of carbonyl (C=O) groups is 2. The zero-order valence-electron chi connectivity index (χ0n) is 8.65. The maximum Gasteiger partial charge on any atom is 0.328 e. The number of carboxylic acids is 1. The minimum absolute atomic E-state index is 0.220. The lowest BCUT2D eigenvalue weighted by atomic mass is 10.3. The van der Waals surface area contributed by atoms with Gasteiger partial charge in [-0.25, -0.2) is 4.79 Å². The quantitative estimate of drug-likeness (QED) is 0.597. The Morgan fingerprint density at radius 3 is 2.43 bits per heavy atom. The molecule has 80 valence electrons. The van der Waals surface area contributed by atoms with Crippen LogP contribution in [0.2, 0.25) is 0 Å². The molecule has 0 rings (SSSR count). The molecule has 5 nitrogen and oxygen atoms in total. The summed E-state index contributed by atoms with van der Waals surface area (Å²) >= 11 is 0. The van der Waals surface area contributed by atoms with Crippen molar-refractivity contribution in [2.75, 3.05) is 20.6 Å². The average molecular weight is 200 g/mol. The molecule has 0 aliphatic heterocycles. The molecule has 0 bridgehead atoms. The van der Waals surface area contributed by atoms with Crippen LogP contribution in [0.15, 0.2) is 12.2 Å². The first kappa shape index (κ1) is 12.6. The number of hydrogen-bond donors (Lipinski definition) is 2. The van der Waals surface area contributed by atoms with Crippen LogP contribution in [0, 0.1) is 0 Å². The number of aliphatic carboxylic acids is 1. The van der Waals surface area contributed by atoms with E-state index in [9.17, 15) is 9.59 Å². The SMILES string of the molecule is CC(CNC(=O)/C=C/C(=O)O)N(C)C. The lowest BCUT2D eigenvalue weighted by Crippen LogP contribution is -2.37. The fourth-order valence-electron chi connectivity index (χ4n) is 0.637. The van der Waals surface area contributed by atoms with E-state index in [2.05, 4.69) is 5.32 Å². The van der Waals surface area contributed by atoms with Gasteiger partial charge in [-0.3, -0.25) is 4.79 Å². The summed E-state index contributed by atoms with van der Waals surface area (Å²) in [5, 5.41) is 10.8. The van der Waals surface area contributed by atoms with E-state index in [0.717, 1.165) is 12.2 Å². The molecule has 5 heteroatoms. The topological polar surface area (TPSA) is 69.6 Å². The largest absolute Gasteiger partial charge is 0.478 e. The standard InChI is InChI=1S/C9H16N2O3/c1-7(11(2)3)6-10-8(12)4-5-9(13)14/h4-5,7H,6H2,1-3H3,(H,10,12)(H,13,14)/b5-4+. The fraction of sp³-hybridized carbons (Fsp3) is 0.556. The van der Waals surface area contributed by atoms with Crippen LogP contribution >= 0.6 is 0 Å². The molecule has 0 aromatic rings. The minimum atomic E-state index is -1.12. The van der Waals surface area contributed by atoms with Gasteiger partial charge in [-0.2, -0.15) is 0 Å². The lowest BCUT2D eigenvalue weighted by molar-refractivity contribution is -0.131. The monoisotopic (exact) mass is 200 g/mol. The third kappa shape index (κ3) is 6.19. The van der Waals surface area contributed by atoms with Crippen molar-refractivity contribution in [3.8, 4) is 0 Å². The molecule has 0 aromatic carbocycles. The molecule has 0 aromatic heterocycles. The molecule has 0 spiro atoms. The number of carbonyl (C=O) groups excluding carboxylic acids is 1. The Morgan fingerprint density at radius 2 is 2.00 bits per heavy atom. The highest BCUT2D eigenvalue weighted by molar-refractivity contribution is 5.93. The number of likely N-dealkylation sites (N-methyl/N-ethyl adjacent to an activating group) is 1. The predicted octanol–water partition coefficient (Wildman–Crippen LogP) is -0.306. The number of nitrogens with one attached hydrogen (secondary N) is 1. The van der Waals surface area contributed by atoms with E-state index in [-0.39, 0.29) is 11.9 Å². The summed E-state index contributed by atoms with van der Waals surface area (Å²) in [6.45, 7) is 2.46. The van der Waals surface area contributed by atoms with E-state index in [0.29, 0.717) is 6.54 Å². The Kier molecular flexibility index (Phi) is 5.55. The molecule has 0 fully saturated rings. The van der Waals surface area contributed by atoms with Crippen LogP contribution in [-0.4, -0.2) is 48.6 Å². The van der Waals surface area contributed by atoms with Crippen LogP contribution in [0.5, 0.6) is 0 Å². The maximum atomic E-state index is 11.0. The third-order valence-corrected chi connectivity index (χ3v) is 1.83. The highest BCUT2D eigenvalue weighted by Crippen LogP contribution is 1.88. The van der Waals surface area contributed by atoms with Gasteiger partial charge in [0.25, 0.3) is 0 Å². The van der Waals surface area contributed by atoms with E-state index in [1.165, 1.54) is 0 Å². The smallest absolute Gasteiger partial charge is 0.328 e. The van der Waals surface area contributed by atoms with Crippen molar-refractivity contribution in [1.82, 2.24) is 10.2 Å². The van der Waals surface area contributed by atoms with E-state index in [1.54, 1.807) is 0 Å². The van der Waals surface area contributed by atoms with E-state index >= 15 is 0 Å². The van der Waals surface area contributed by atoms with Gasteiger partial charge in [-0.15, -0.1) is 0 Å². The molecule has 1 atom stereocenters. The number of nitrogens with zero attached hydrogens (tertiary/aromatic N) is 1. The average Bonchev–Trinajstić information content (AvgIpc) is 2.10. The Bertz CT molecular complexity index is 236. The summed E-state index contributed by atoms with van der Waals surface area (Å²) in [6.07, 6.45) is 1.82. The van der Waals surface area contributed by atoms with Gasteiger partial charge in [0.05, 0.1) is 0 Å². The lowest BCUT2D eigenvalue weighted by Gasteiger charge is -2.19. The van der Waals surface area contributed by atoms with Crippen molar-refractivity contribution in [2.45, 2.75) is 13.0 Å². The van der Waals surface area contributed by atoms with Crippen LogP contribution in [0.25, 0.3) is 0 Å². The molecule has 14 heavy (non-hydrogen) atoms. The molecule has 0 radical (unpaired) electrons. The number of hydrogen-bond acceptors (Lipinski definition) is 3. The highest BCUT2D eigenvalue weighted by atomic mass is 16.4. The molecular weight excluding hydrogens is 184 g/mol. The van der Waals surface area contributed by atoms with E-state index in [1.807, 2.05) is 25.9 Å². The van der Waals surface area contributed by atoms with Gasteiger partial charge >= 0.3 is 5.97 Å². The van der Waals surface area contributed by atoms with E-state index in [4.69, 9.17) is 5.11 Å². The van der Waals surface area contributed by atoms with E-state index < -0.39 is 5.97 Å². The predicted molar refractivity (Wildman–Crippen MR) is 52.9 cm³/mol. The Balaban J connectivity index is 3.80. The second-order valence-corrected chi connectivity index (χ2v) is 3.23. The Labute approximate surface area is 83.4 Å². The molecule has 0 aliphatic rings. The number of carboxylic acid groups (broad SMARTS) is 1. The van der Waals surface area contributed by atoms with Crippen molar-refractivity contribution >= 4 is 11.9 Å². The van der Waals surface area contributed by atoms with Gasteiger partial charge in [0.1, 0.15) is 0 Å². The van der Waals surface area contributed by atoms with Gasteiger partial charge < -0.3 is 15.3 Å². The highest BCUT2D eigenvalue weighted by Gasteiger charge is 2.04. The number of rotatable bonds is 5. The molecule has 0 saturated carbocycles. The number of amides is 1. The van der Waals surface area contributed by atoms with Crippen LogP contribution < -0.4 is 5.32 Å². The van der Waals surface area contributed by atoms with Crippen molar-refractivity contribution in [2.24, 2.45) is 0 Å². The van der Waals surface area contributed by atoms with Crippen molar-refractivity contribution in [3.05, 3.63) is 12.2 Å². The zero-order valence-corrected chi connectivity index (χ0v) is 8.65. The Morgan fingerprint density at radius 1 is 1.43 bits per heavy atom. The van der Waals surface area contributed by atoms with Gasteiger partial charge in [0.15, 0.2) is 0 Å². The van der Waals surface area contributed by atoms with Gasteiger partial charge in [-0.1, -0.05) is 0 Å². The van der Waals surface area contributed by atoms with Crippen LogP contribution in [-0.2, 0) is 9.59 Å². The summed E-state index contributed by atoms with van der Waals surface area (Å²) < 4.78 is 0. The van der Waals surface area contributed by atoms with Crippen molar-refractivity contribution < 1.29 is 14.7 Å². The van der Waals surface area contributed by atoms with Gasteiger partial charge in [-0.05, 0) is 21.0 Å². The molecular formula is C9H16N2O3. The third-order valence-electron chi connectivity index (χ3n) is 1.83. The summed E-state index contributed by atoms with van der Waals surface area (Å²) in [5.74, 6) is -1.51. The Hall–Kier alpha value is -1.36. The molecule has 0 heterocycles. The first-order valence-electron chi connectivity index (χ1n) is 4.28. The summed E-state index contributed by atoms with van der Waals surface area (Å²) in [5.41, 5.74) is 0. The first-order chi connectivity index (χ1) is 6.43. The summed E-state index contributed by atoms with van der Waals surface area (Å²) in [7, 11) is 3.81. The van der Waals surface area contributed by atoms with Crippen LogP contribution in [0.4, 0.5) is 0 Å². The normalized spacial score (nSPS) is 13.1. The van der Waals surface area contributed by atoms with Crippen molar-refractivity contribution in [1.29, 1.82) is 0 Å². The summed E-state index contributed by atoms with van der Waals surface area (Å²) in [4.78, 5) is 23.0. The second kappa shape index (κ2) is 6.15. The molecule has 2 N–H and O–H groups in total. The summed E-state index contributed by atoms with van der Waals surface area (Å²) in [6, 6.07) is 0.220. The first-order valence-corrected chi connectivity index (χ1v) is 4.28. The minimum Gasteiger partial charge on any atom is -0.478 e. The molecule has 1 amide bonds.